The summed E-state index contributed by atoms with van der Waals surface area (Å²) >= 11 is 0. The predicted octanol–water partition coefficient (Wildman–Crippen LogP) is 2.50. The zero-order valence-corrected chi connectivity index (χ0v) is 11.5. The molecule has 1 saturated heterocycles. The van der Waals surface area contributed by atoms with Crippen LogP contribution in [0.15, 0.2) is 0 Å². The molecule has 1 N–H and O–H groups in total. The molecule has 0 spiro atoms. The van der Waals surface area contributed by atoms with Crippen LogP contribution in [0.5, 0.6) is 0 Å². The number of carboxylic acids is 1. The van der Waals surface area contributed by atoms with Crippen LogP contribution in [0.25, 0.3) is 0 Å². The summed E-state index contributed by atoms with van der Waals surface area (Å²) < 4.78 is 0. The number of aliphatic carboxylic acids is 1. The topological polar surface area (TPSA) is 64.3 Å². The highest BCUT2D eigenvalue weighted by atomic mass is 16.4. The number of hydrogen-bond donors (Lipinski definition) is 1. The van der Waals surface area contributed by atoms with Crippen molar-refractivity contribution in [2.24, 2.45) is 11.3 Å². The van der Waals surface area contributed by atoms with E-state index in [4.69, 9.17) is 10.4 Å². The van der Waals surface area contributed by atoms with Gasteiger partial charge in [0.1, 0.15) is 0 Å². The van der Waals surface area contributed by atoms with Gasteiger partial charge in [0.15, 0.2) is 0 Å². The molecule has 1 aliphatic rings. The van der Waals surface area contributed by atoms with Crippen LogP contribution in [-0.2, 0) is 4.79 Å². The Bertz CT molecular complexity index is 320. The van der Waals surface area contributed by atoms with Gasteiger partial charge in [-0.25, -0.2) is 0 Å². The molecule has 1 unspecified atom stereocenters. The molecule has 0 aromatic carbocycles. The maximum Gasteiger partial charge on any atom is 0.303 e. The Balaban J connectivity index is 2.15. The summed E-state index contributed by atoms with van der Waals surface area (Å²) in [6.07, 6.45) is 4.19. The van der Waals surface area contributed by atoms with Crippen LogP contribution in [0.1, 0.15) is 46.0 Å². The Morgan fingerprint density at radius 2 is 2.28 bits per heavy atom. The number of nitrogens with zero attached hydrogens (tertiary/aromatic N) is 2. The van der Waals surface area contributed by atoms with E-state index in [-0.39, 0.29) is 5.41 Å². The third-order valence-electron chi connectivity index (χ3n) is 3.72. The van der Waals surface area contributed by atoms with Crippen molar-refractivity contribution < 1.29 is 9.90 Å². The third kappa shape index (κ3) is 5.50. The van der Waals surface area contributed by atoms with Gasteiger partial charge in [0.25, 0.3) is 0 Å². The van der Waals surface area contributed by atoms with Gasteiger partial charge in [-0.3, -0.25) is 4.79 Å². The fraction of sp³-hybridized carbons (Fsp3) is 0.857. The number of carbonyl (C=O) groups is 1. The second-order valence-corrected chi connectivity index (χ2v) is 5.99. The van der Waals surface area contributed by atoms with E-state index in [1.807, 2.05) is 13.8 Å². The molecule has 1 heterocycles. The van der Waals surface area contributed by atoms with Gasteiger partial charge in [0.05, 0.1) is 11.5 Å². The molecule has 1 fully saturated rings. The van der Waals surface area contributed by atoms with Crippen LogP contribution in [-0.4, -0.2) is 35.6 Å². The van der Waals surface area contributed by atoms with Gasteiger partial charge in [0, 0.05) is 13.0 Å². The minimum atomic E-state index is -0.691. The molecule has 18 heavy (non-hydrogen) atoms. The summed E-state index contributed by atoms with van der Waals surface area (Å²) in [6, 6.07) is 2.32. The molecule has 4 nitrogen and oxygen atoms in total. The Morgan fingerprint density at radius 1 is 1.56 bits per heavy atom. The van der Waals surface area contributed by atoms with Crippen molar-refractivity contribution in [2.75, 3.05) is 19.6 Å². The molecular formula is C14H24N2O2. The Kier molecular flexibility index (Phi) is 5.61. The number of hydrogen-bond acceptors (Lipinski definition) is 3. The van der Waals surface area contributed by atoms with E-state index in [0.717, 1.165) is 45.3 Å². The fourth-order valence-electron chi connectivity index (χ4n) is 2.48. The minimum absolute atomic E-state index is 0.220. The number of rotatable bonds is 7. The maximum absolute atomic E-state index is 10.5. The first-order chi connectivity index (χ1) is 8.43. The standard InChI is InChI=1S/C14H24N2O2/c1-14(2,11-15)7-3-8-16-9-6-12(10-16)4-5-13(17)18/h12H,3-10H2,1-2H3,(H,17,18). The highest BCUT2D eigenvalue weighted by molar-refractivity contribution is 5.66. The van der Waals surface area contributed by atoms with Crippen molar-refractivity contribution in [3.63, 3.8) is 0 Å². The molecule has 102 valence electrons. The minimum Gasteiger partial charge on any atom is -0.481 e. The quantitative estimate of drug-likeness (QED) is 0.756. The zero-order valence-electron chi connectivity index (χ0n) is 11.5. The van der Waals surface area contributed by atoms with Crippen molar-refractivity contribution in [1.82, 2.24) is 4.90 Å². The SMILES string of the molecule is CC(C)(C#N)CCCN1CCC(CCC(=O)O)C1. The van der Waals surface area contributed by atoms with Gasteiger partial charge in [-0.1, -0.05) is 0 Å². The maximum atomic E-state index is 10.5. The van der Waals surface area contributed by atoms with Gasteiger partial charge in [-0.15, -0.1) is 0 Å². The monoisotopic (exact) mass is 252 g/mol. The largest absolute Gasteiger partial charge is 0.481 e. The predicted molar refractivity (Wildman–Crippen MR) is 70.0 cm³/mol. The normalized spacial score (nSPS) is 20.8. The summed E-state index contributed by atoms with van der Waals surface area (Å²) in [5.74, 6) is -0.144. The van der Waals surface area contributed by atoms with E-state index in [9.17, 15) is 4.79 Å². The summed E-state index contributed by atoms with van der Waals surface area (Å²) in [4.78, 5) is 12.9. The summed E-state index contributed by atoms with van der Waals surface area (Å²) in [7, 11) is 0. The molecule has 0 radical (unpaired) electrons. The van der Waals surface area contributed by atoms with Gasteiger partial charge in [-0.05, 0) is 58.5 Å². The van der Waals surface area contributed by atoms with E-state index < -0.39 is 5.97 Å². The lowest BCUT2D eigenvalue weighted by molar-refractivity contribution is -0.137. The highest BCUT2D eigenvalue weighted by Crippen LogP contribution is 2.24. The van der Waals surface area contributed by atoms with Crippen LogP contribution in [0, 0.1) is 22.7 Å². The summed E-state index contributed by atoms with van der Waals surface area (Å²) in [5, 5.41) is 17.6. The van der Waals surface area contributed by atoms with Crippen molar-refractivity contribution in [3.8, 4) is 6.07 Å². The molecule has 1 rings (SSSR count). The first kappa shape index (κ1) is 15.0. The van der Waals surface area contributed by atoms with Gasteiger partial charge >= 0.3 is 5.97 Å². The van der Waals surface area contributed by atoms with E-state index in [0.29, 0.717) is 12.3 Å². The average Bonchev–Trinajstić information content (AvgIpc) is 2.74. The molecule has 1 aliphatic heterocycles. The van der Waals surface area contributed by atoms with Crippen LogP contribution in [0.4, 0.5) is 0 Å². The second-order valence-electron chi connectivity index (χ2n) is 5.99. The molecule has 0 aliphatic carbocycles. The molecule has 0 aromatic rings. The van der Waals surface area contributed by atoms with Gasteiger partial charge in [-0.2, -0.15) is 5.26 Å². The number of likely N-dealkylation sites (tertiary alicyclic amines) is 1. The lowest BCUT2D eigenvalue weighted by Crippen LogP contribution is -2.23. The van der Waals surface area contributed by atoms with E-state index >= 15 is 0 Å². The first-order valence-corrected chi connectivity index (χ1v) is 6.78. The summed E-state index contributed by atoms with van der Waals surface area (Å²) in [6.45, 7) is 7.10. The molecule has 0 bridgehead atoms. The van der Waals surface area contributed by atoms with E-state index in [1.54, 1.807) is 0 Å². The van der Waals surface area contributed by atoms with Gasteiger partial charge < -0.3 is 10.0 Å². The number of nitriles is 1. The lowest BCUT2D eigenvalue weighted by Gasteiger charge is -2.19. The second kappa shape index (κ2) is 6.75. The molecule has 0 saturated carbocycles. The summed E-state index contributed by atoms with van der Waals surface area (Å²) in [5.41, 5.74) is -0.220. The van der Waals surface area contributed by atoms with Crippen molar-refractivity contribution in [1.29, 1.82) is 5.26 Å². The molecule has 0 aromatic heterocycles. The van der Waals surface area contributed by atoms with E-state index in [2.05, 4.69) is 11.0 Å². The Hall–Kier alpha value is -1.08. The fourth-order valence-corrected chi connectivity index (χ4v) is 2.48. The Labute approximate surface area is 110 Å². The Morgan fingerprint density at radius 3 is 2.89 bits per heavy atom. The van der Waals surface area contributed by atoms with Crippen LogP contribution >= 0.6 is 0 Å². The number of carboxylic acid groups (broad SMARTS) is 1. The molecule has 0 amide bonds. The van der Waals surface area contributed by atoms with Crippen LogP contribution < -0.4 is 0 Å². The van der Waals surface area contributed by atoms with Crippen molar-refractivity contribution in [2.45, 2.75) is 46.0 Å². The third-order valence-corrected chi connectivity index (χ3v) is 3.72. The van der Waals surface area contributed by atoms with Crippen LogP contribution in [0.3, 0.4) is 0 Å². The zero-order chi connectivity index (χ0) is 13.6. The smallest absolute Gasteiger partial charge is 0.303 e. The molecular weight excluding hydrogens is 228 g/mol. The lowest BCUT2D eigenvalue weighted by atomic mass is 9.90. The first-order valence-electron chi connectivity index (χ1n) is 6.78. The van der Waals surface area contributed by atoms with Crippen molar-refractivity contribution in [3.05, 3.63) is 0 Å². The van der Waals surface area contributed by atoms with Crippen molar-refractivity contribution >= 4 is 5.97 Å². The highest BCUT2D eigenvalue weighted by Gasteiger charge is 2.23. The van der Waals surface area contributed by atoms with Gasteiger partial charge in [0.2, 0.25) is 0 Å². The average molecular weight is 252 g/mol. The van der Waals surface area contributed by atoms with Crippen LogP contribution in [0.2, 0.25) is 0 Å². The van der Waals surface area contributed by atoms with E-state index in [1.165, 1.54) is 0 Å². The molecule has 1 atom stereocenters. The molecule has 4 heteroatoms.